The first-order valence-electron chi connectivity index (χ1n) is 9.88. The summed E-state index contributed by atoms with van der Waals surface area (Å²) in [5.74, 6) is 0.286. The number of aliphatic hydroxyl groups excluding tert-OH is 1. The summed E-state index contributed by atoms with van der Waals surface area (Å²) in [6, 6.07) is 4.79. The molecule has 1 aromatic heterocycles. The lowest BCUT2D eigenvalue weighted by Gasteiger charge is -2.42. The molecule has 3 heterocycles. The number of aliphatic hydroxyl groups is 1. The molecule has 1 aromatic rings. The normalized spacial score (nSPS) is 23.1. The summed E-state index contributed by atoms with van der Waals surface area (Å²) in [4.78, 5) is 23.4. The summed E-state index contributed by atoms with van der Waals surface area (Å²) in [7, 11) is 1.80. The fraction of sp³-hybridized carbons (Fsp3) is 0.700. The van der Waals surface area contributed by atoms with Gasteiger partial charge in [0.05, 0.1) is 12.5 Å². The van der Waals surface area contributed by atoms with Gasteiger partial charge in [-0.2, -0.15) is 0 Å². The topological polar surface area (TPSA) is 59.9 Å². The van der Waals surface area contributed by atoms with E-state index in [0.717, 1.165) is 45.6 Å². The lowest BCUT2D eigenvalue weighted by molar-refractivity contribution is -0.137. The molecular formula is C20H32N4O2. The molecule has 0 aromatic carbocycles. The maximum Gasteiger partial charge on any atom is 0.226 e. The van der Waals surface area contributed by atoms with E-state index in [9.17, 15) is 4.79 Å². The third kappa shape index (κ3) is 5.02. The number of carbonyl (C=O) groups excluding carboxylic acids is 1. The summed E-state index contributed by atoms with van der Waals surface area (Å²) in [5.41, 5.74) is 1.33. The molecule has 1 unspecified atom stereocenters. The van der Waals surface area contributed by atoms with Crippen molar-refractivity contribution in [1.82, 2.24) is 19.7 Å². The van der Waals surface area contributed by atoms with Gasteiger partial charge >= 0.3 is 0 Å². The first-order chi connectivity index (χ1) is 12.7. The van der Waals surface area contributed by atoms with Crippen molar-refractivity contribution in [3.8, 4) is 0 Å². The maximum atomic E-state index is 12.5. The van der Waals surface area contributed by atoms with Crippen LogP contribution in [0, 0.1) is 5.92 Å². The van der Waals surface area contributed by atoms with Crippen LogP contribution in [0.2, 0.25) is 0 Å². The van der Waals surface area contributed by atoms with Crippen molar-refractivity contribution >= 4 is 5.91 Å². The second-order valence-electron chi connectivity index (χ2n) is 7.68. The average molecular weight is 361 g/mol. The molecule has 1 N–H and O–H groups in total. The first kappa shape index (κ1) is 19.3. The zero-order valence-corrected chi connectivity index (χ0v) is 15.9. The number of piperidine rings is 2. The van der Waals surface area contributed by atoms with E-state index in [4.69, 9.17) is 5.11 Å². The summed E-state index contributed by atoms with van der Waals surface area (Å²) >= 11 is 0. The van der Waals surface area contributed by atoms with E-state index in [0.29, 0.717) is 12.6 Å². The molecule has 0 radical (unpaired) electrons. The van der Waals surface area contributed by atoms with Crippen LogP contribution in [0.5, 0.6) is 0 Å². The third-order valence-electron chi connectivity index (χ3n) is 5.84. The van der Waals surface area contributed by atoms with Gasteiger partial charge in [-0.1, -0.05) is 0 Å². The van der Waals surface area contributed by atoms with Gasteiger partial charge in [-0.25, -0.2) is 0 Å². The molecule has 0 bridgehead atoms. The monoisotopic (exact) mass is 360 g/mol. The molecule has 2 fully saturated rings. The highest BCUT2D eigenvalue weighted by molar-refractivity contribution is 5.78. The standard InChI is InChI=1S/C20H32N4O2/c1-22(13-14-25)20(26)18-3-2-10-24(16-18)19-6-11-23(12-7-19)15-17-4-8-21-9-5-17/h4-5,8-9,18-19,25H,2-3,6-7,10-16H2,1H3. The molecule has 1 amide bonds. The van der Waals surface area contributed by atoms with Crippen LogP contribution in [-0.4, -0.2) is 83.1 Å². The van der Waals surface area contributed by atoms with Gasteiger partial charge in [-0.15, -0.1) is 0 Å². The van der Waals surface area contributed by atoms with E-state index < -0.39 is 0 Å². The van der Waals surface area contributed by atoms with Crippen LogP contribution in [0.3, 0.4) is 0 Å². The fourth-order valence-electron chi connectivity index (χ4n) is 4.30. The highest BCUT2D eigenvalue weighted by Gasteiger charge is 2.32. The SMILES string of the molecule is CN(CCO)C(=O)C1CCCN(C2CCN(Cc3ccncc3)CC2)C1. The number of pyridine rings is 1. The third-order valence-corrected chi connectivity index (χ3v) is 5.84. The number of likely N-dealkylation sites (N-methyl/N-ethyl adjacent to an activating group) is 1. The molecule has 0 aliphatic carbocycles. The number of hydrogen-bond donors (Lipinski definition) is 1. The zero-order valence-electron chi connectivity index (χ0n) is 15.9. The van der Waals surface area contributed by atoms with E-state index in [1.54, 1.807) is 11.9 Å². The number of aromatic nitrogens is 1. The number of carbonyl (C=O) groups is 1. The zero-order chi connectivity index (χ0) is 18.4. The van der Waals surface area contributed by atoms with Crippen molar-refractivity contribution in [3.63, 3.8) is 0 Å². The van der Waals surface area contributed by atoms with E-state index in [-0.39, 0.29) is 18.4 Å². The minimum atomic E-state index is 0.0363. The molecular weight excluding hydrogens is 328 g/mol. The Kier molecular flexibility index (Phi) is 7.00. The molecule has 2 aliphatic heterocycles. The summed E-state index contributed by atoms with van der Waals surface area (Å²) in [6.07, 6.45) is 8.16. The van der Waals surface area contributed by atoms with Gasteiger partial charge in [-0.3, -0.25) is 19.6 Å². The Morgan fingerprint density at radius 1 is 1.23 bits per heavy atom. The molecule has 2 saturated heterocycles. The minimum Gasteiger partial charge on any atom is -0.395 e. The van der Waals surface area contributed by atoms with E-state index in [2.05, 4.69) is 26.9 Å². The number of nitrogens with zero attached hydrogens (tertiary/aromatic N) is 4. The largest absolute Gasteiger partial charge is 0.395 e. The fourth-order valence-corrected chi connectivity index (χ4v) is 4.30. The summed E-state index contributed by atoms with van der Waals surface area (Å²) in [6.45, 7) is 5.70. The Morgan fingerprint density at radius 2 is 1.96 bits per heavy atom. The lowest BCUT2D eigenvalue weighted by atomic mass is 9.93. The summed E-state index contributed by atoms with van der Waals surface area (Å²) in [5, 5.41) is 9.06. The van der Waals surface area contributed by atoms with Gasteiger partial charge in [-0.05, 0) is 63.0 Å². The van der Waals surface area contributed by atoms with Crippen LogP contribution in [0.1, 0.15) is 31.2 Å². The Hall–Kier alpha value is -1.50. The van der Waals surface area contributed by atoms with Crippen LogP contribution in [0.15, 0.2) is 24.5 Å². The number of amides is 1. The summed E-state index contributed by atoms with van der Waals surface area (Å²) < 4.78 is 0. The van der Waals surface area contributed by atoms with Crippen LogP contribution < -0.4 is 0 Å². The molecule has 3 rings (SSSR count). The predicted octanol–water partition coefficient (Wildman–Crippen LogP) is 1.21. The Morgan fingerprint density at radius 3 is 2.65 bits per heavy atom. The van der Waals surface area contributed by atoms with Crippen molar-refractivity contribution in [2.75, 3.05) is 46.4 Å². The van der Waals surface area contributed by atoms with Gasteiger partial charge in [0.15, 0.2) is 0 Å². The molecule has 0 spiro atoms. The van der Waals surface area contributed by atoms with Crippen molar-refractivity contribution in [2.24, 2.45) is 5.92 Å². The van der Waals surface area contributed by atoms with Crippen molar-refractivity contribution in [1.29, 1.82) is 0 Å². The Labute approximate surface area is 156 Å². The quantitative estimate of drug-likeness (QED) is 0.826. The van der Waals surface area contributed by atoms with Crippen molar-refractivity contribution in [3.05, 3.63) is 30.1 Å². The molecule has 144 valence electrons. The molecule has 6 heteroatoms. The van der Waals surface area contributed by atoms with Gasteiger partial charge in [0.1, 0.15) is 0 Å². The van der Waals surface area contributed by atoms with E-state index in [1.165, 1.54) is 18.4 Å². The van der Waals surface area contributed by atoms with E-state index in [1.807, 2.05) is 12.4 Å². The van der Waals surface area contributed by atoms with Gasteiger partial charge in [0.2, 0.25) is 5.91 Å². The van der Waals surface area contributed by atoms with Gasteiger partial charge < -0.3 is 10.0 Å². The molecule has 1 atom stereocenters. The van der Waals surface area contributed by atoms with Crippen molar-refractivity contribution < 1.29 is 9.90 Å². The number of likely N-dealkylation sites (tertiary alicyclic amines) is 2. The molecule has 6 nitrogen and oxygen atoms in total. The van der Waals surface area contributed by atoms with Crippen LogP contribution >= 0.6 is 0 Å². The van der Waals surface area contributed by atoms with Crippen LogP contribution in [-0.2, 0) is 11.3 Å². The lowest BCUT2D eigenvalue weighted by Crippen LogP contribution is -2.51. The van der Waals surface area contributed by atoms with E-state index >= 15 is 0 Å². The smallest absolute Gasteiger partial charge is 0.226 e. The molecule has 26 heavy (non-hydrogen) atoms. The minimum absolute atomic E-state index is 0.0363. The number of rotatable bonds is 6. The Bertz CT molecular complexity index is 560. The van der Waals surface area contributed by atoms with Crippen LogP contribution in [0.25, 0.3) is 0 Å². The highest BCUT2D eigenvalue weighted by Crippen LogP contribution is 2.25. The molecule has 2 aliphatic rings. The molecule has 0 saturated carbocycles. The second-order valence-corrected chi connectivity index (χ2v) is 7.68. The maximum absolute atomic E-state index is 12.5. The second kappa shape index (κ2) is 9.44. The van der Waals surface area contributed by atoms with Crippen LogP contribution in [0.4, 0.5) is 0 Å². The van der Waals surface area contributed by atoms with Gasteiger partial charge in [0.25, 0.3) is 0 Å². The number of hydrogen-bond acceptors (Lipinski definition) is 5. The highest BCUT2D eigenvalue weighted by atomic mass is 16.3. The Balaban J connectivity index is 1.47. The van der Waals surface area contributed by atoms with Gasteiger partial charge in [0, 0.05) is 45.1 Å². The van der Waals surface area contributed by atoms with Crippen molar-refractivity contribution in [2.45, 2.75) is 38.3 Å². The predicted molar refractivity (Wildman–Crippen MR) is 102 cm³/mol. The first-order valence-corrected chi connectivity index (χ1v) is 9.88. The average Bonchev–Trinajstić information content (AvgIpc) is 2.69.